The van der Waals surface area contributed by atoms with Crippen molar-refractivity contribution < 1.29 is 0 Å². The second-order valence-corrected chi connectivity index (χ2v) is 5.86. The first-order chi connectivity index (χ1) is 7.55. The Labute approximate surface area is 102 Å². The molecule has 0 heterocycles. The van der Waals surface area contributed by atoms with Crippen LogP contribution in [0.5, 0.6) is 0 Å². The minimum atomic E-state index is 0.293. The van der Waals surface area contributed by atoms with Crippen LogP contribution in [0.1, 0.15) is 59.3 Å². The summed E-state index contributed by atoms with van der Waals surface area (Å²) in [7, 11) is 2.28. The Kier molecular flexibility index (Phi) is 5.26. The Bertz CT molecular complexity index is 195. The molecular weight excluding hydrogens is 196 g/mol. The molecule has 0 aromatic carbocycles. The lowest BCUT2D eigenvalue weighted by Crippen LogP contribution is -2.56. The summed E-state index contributed by atoms with van der Waals surface area (Å²) in [4.78, 5) is 2.57. The summed E-state index contributed by atoms with van der Waals surface area (Å²) < 4.78 is 0. The van der Waals surface area contributed by atoms with Gasteiger partial charge in [-0.1, -0.05) is 20.3 Å². The highest BCUT2D eigenvalue weighted by Crippen LogP contribution is 2.36. The van der Waals surface area contributed by atoms with Crippen LogP contribution in [0.15, 0.2) is 0 Å². The largest absolute Gasteiger partial charge is 0.329 e. The van der Waals surface area contributed by atoms with Crippen molar-refractivity contribution in [2.75, 3.05) is 13.6 Å². The average molecular weight is 226 g/mol. The fourth-order valence-electron chi connectivity index (χ4n) is 3.08. The predicted molar refractivity (Wildman–Crippen MR) is 71.6 cm³/mol. The van der Waals surface area contributed by atoms with Crippen molar-refractivity contribution in [2.24, 2.45) is 11.7 Å². The zero-order chi connectivity index (χ0) is 12.2. The first kappa shape index (κ1) is 14.0. The van der Waals surface area contributed by atoms with E-state index >= 15 is 0 Å². The topological polar surface area (TPSA) is 29.3 Å². The molecule has 1 aliphatic carbocycles. The van der Waals surface area contributed by atoms with Crippen LogP contribution in [-0.2, 0) is 0 Å². The lowest BCUT2D eigenvalue weighted by molar-refractivity contribution is 0.0350. The van der Waals surface area contributed by atoms with Gasteiger partial charge in [-0.15, -0.1) is 0 Å². The van der Waals surface area contributed by atoms with Crippen LogP contribution in [-0.4, -0.2) is 30.1 Å². The molecule has 16 heavy (non-hydrogen) atoms. The maximum Gasteiger partial charge on any atom is 0.0331 e. The van der Waals surface area contributed by atoms with Crippen LogP contribution in [0, 0.1) is 5.92 Å². The standard InChI is InChI=1S/C14H30N2/c1-5-6-13(3)16(4)14(11-15)9-7-12(2)8-10-14/h12-13H,5-11,15H2,1-4H3. The third kappa shape index (κ3) is 2.98. The van der Waals surface area contributed by atoms with E-state index in [0.29, 0.717) is 11.6 Å². The lowest BCUT2D eigenvalue weighted by atomic mass is 9.75. The van der Waals surface area contributed by atoms with Crippen molar-refractivity contribution in [1.82, 2.24) is 4.90 Å². The van der Waals surface area contributed by atoms with Crippen molar-refractivity contribution in [3.63, 3.8) is 0 Å². The van der Waals surface area contributed by atoms with Gasteiger partial charge >= 0.3 is 0 Å². The molecule has 1 atom stereocenters. The minimum absolute atomic E-state index is 0.293. The molecule has 2 N–H and O–H groups in total. The summed E-state index contributed by atoms with van der Waals surface area (Å²) >= 11 is 0. The monoisotopic (exact) mass is 226 g/mol. The van der Waals surface area contributed by atoms with Crippen LogP contribution in [0.2, 0.25) is 0 Å². The van der Waals surface area contributed by atoms with E-state index in [1.54, 1.807) is 0 Å². The molecular formula is C14H30N2. The minimum Gasteiger partial charge on any atom is -0.329 e. The van der Waals surface area contributed by atoms with Crippen molar-refractivity contribution >= 4 is 0 Å². The molecule has 2 nitrogen and oxygen atoms in total. The molecule has 0 saturated heterocycles. The molecule has 1 fully saturated rings. The van der Waals surface area contributed by atoms with Crippen LogP contribution >= 0.6 is 0 Å². The molecule has 2 heteroatoms. The molecule has 0 bridgehead atoms. The van der Waals surface area contributed by atoms with E-state index in [2.05, 4.69) is 32.7 Å². The Morgan fingerprint density at radius 1 is 1.38 bits per heavy atom. The van der Waals surface area contributed by atoms with Gasteiger partial charge in [-0.25, -0.2) is 0 Å². The number of likely N-dealkylation sites (N-methyl/N-ethyl adjacent to an activating group) is 1. The maximum absolute atomic E-state index is 6.08. The molecule has 0 amide bonds. The third-order valence-electron chi connectivity index (χ3n) is 4.70. The van der Waals surface area contributed by atoms with Crippen molar-refractivity contribution in [1.29, 1.82) is 0 Å². The van der Waals surface area contributed by atoms with Crippen LogP contribution in [0.4, 0.5) is 0 Å². The van der Waals surface area contributed by atoms with Crippen molar-refractivity contribution in [2.45, 2.75) is 70.9 Å². The molecule has 96 valence electrons. The van der Waals surface area contributed by atoms with Gasteiger partial charge in [0, 0.05) is 18.1 Å². The van der Waals surface area contributed by atoms with Gasteiger partial charge in [-0.3, -0.25) is 4.90 Å². The number of rotatable bonds is 5. The fraction of sp³-hybridized carbons (Fsp3) is 1.00. The molecule has 0 aliphatic heterocycles. The summed E-state index contributed by atoms with van der Waals surface area (Å²) in [6.07, 6.45) is 7.82. The van der Waals surface area contributed by atoms with E-state index < -0.39 is 0 Å². The van der Waals surface area contributed by atoms with Crippen LogP contribution in [0.25, 0.3) is 0 Å². The normalized spacial score (nSPS) is 33.0. The molecule has 0 spiro atoms. The highest BCUT2D eigenvalue weighted by molar-refractivity contribution is 4.95. The molecule has 0 aromatic rings. The Balaban J connectivity index is 2.64. The smallest absolute Gasteiger partial charge is 0.0331 e. The van der Waals surface area contributed by atoms with Gasteiger partial charge in [0.05, 0.1) is 0 Å². The van der Waals surface area contributed by atoms with Crippen LogP contribution < -0.4 is 5.73 Å². The first-order valence-corrected chi connectivity index (χ1v) is 6.98. The highest BCUT2D eigenvalue weighted by atomic mass is 15.2. The average Bonchev–Trinajstić information content (AvgIpc) is 2.30. The number of nitrogens with two attached hydrogens (primary N) is 1. The quantitative estimate of drug-likeness (QED) is 0.781. The van der Waals surface area contributed by atoms with E-state index in [4.69, 9.17) is 5.73 Å². The van der Waals surface area contributed by atoms with Gasteiger partial charge in [-0.2, -0.15) is 0 Å². The fourth-order valence-corrected chi connectivity index (χ4v) is 3.08. The number of nitrogens with zero attached hydrogens (tertiary/aromatic N) is 1. The molecule has 1 unspecified atom stereocenters. The van der Waals surface area contributed by atoms with Gasteiger partial charge in [0.2, 0.25) is 0 Å². The number of hydrogen-bond donors (Lipinski definition) is 1. The van der Waals surface area contributed by atoms with Gasteiger partial charge in [-0.05, 0) is 52.0 Å². The maximum atomic E-state index is 6.08. The first-order valence-electron chi connectivity index (χ1n) is 6.98. The van der Waals surface area contributed by atoms with Gasteiger partial charge in [0.15, 0.2) is 0 Å². The van der Waals surface area contributed by atoms with E-state index in [1.807, 2.05) is 0 Å². The Morgan fingerprint density at radius 3 is 2.38 bits per heavy atom. The molecule has 0 aromatic heterocycles. The summed E-state index contributed by atoms with van der Waals surface area (Å²) in [5.74, 6) is 0.898. The molecule has 0 radical (unpaired) electrons. The summed E-state index contributed by atoms with van der Waals surface area (Å²) in [6.45, 7) is 7.81. The lowest BCUT2D eigenvalue weighted by Gasteiger charge is -2.48. The second-order valence-electron chi connectivity index (χ2n) is 5.86. The Hall–Kier alpha value is -0.0800. The van der Waals surface area contributed by atoms with E-state index in [0.717, 1.165) is 12.5 Å². The summed E-state index contributed by atoms with van der Waals surface area (Å²) in [6, 6.07) is 0.668. The predicted octanol–water partition coefficient (Wildman–Crippen LogP) is 3.01. The van der Waals surface area contributed by atoms with E-state index in [1.165, 1.54) is 38.5 Å². The zero-order valence-corrected chi connectivity index (χ0v) is 11.6. The molecule has 1 rings (SSSR count). The highest BCUT2D eigenvalue weighted by Gasteiger charge is 2.38. The van der Waals surface area contributed by atoms with Gasteiger partial charge in [0.1, 0.15) is 0 Å². The summed E-state index contributed by atoms with van der Waals surface area (Å²) in [5.41, 5.74) is 6.37. The molecule has 1 aliphatic rings. The SMILES string of the molecule is CCCC(C)N(C)C1(CN)CCC(C)CC1. The zero-order valence-electron chi connectivity index (χ0n) is 11.6. The second kappa shape index (κ2) is 6.02. The van der Waals surface area contributed by atoms with E-state index in [9.17, 15) is 0 Å². The number of hydrogen-bond acceptors (Lipinski definition) is 2. The van der Waals surface area contributed by atoms with Crippen molar-refractivity contribution in [3.8, 4) is 0 Å². The van der Waals surface area contributed by atoms with Gasteiger partial charge in [0.25, 0.3) is 0 Å². The van der Waals surface area contributed by atoms with E-state index in [-0.39, 0.29) is 0 Å². The van der Waals surface area contributed by atoms with Crippen molar-refractivity contribution in [3.05, 3.63) is 0 Å². The van der Waals surface area contributed by atoms with Gasteiger partial charge < -0.3 is 5.73 Å². The third-order valence-corrected chi connectivity index (χ3v) is 4.70. The Morgan fingerprint density at radius 2 is 1.94 bits per heavy atom. The molecule has 1 saturated carbocycles. The van der Waals surface area contributed by atoms with Crippen LogP contribution in [0.3, 0.4) is 0 Å². The summed E-state index contributed by atoms with van der Waals surface area (Å²) in [5, 5.41) is 0.